The van der Waals surface area contributed by atoms with Crippen LogP contribution in [-0.2, 0) is 0 Å². The summed E-state index contributed by atoms with van der Waals surface area (Å²) in [6.07, 6.45) is 2.52. The lowest BCUT2D eigenvalue weighted by molar-refractivity contribution is -0.0489. The van der Waals surface area contributed by atoms with Crippen LogP contribution in [0.25, 0.3) is 0 Å². The molecule has 0 radical (unpaired) electrons. The molecule has 0 bridgehead atoms. The second-order valence-electron chi connectivity index (χ2n) is 2.93. The van der Waals surface area contributed by atoms with E-state index in [0.29, 0.717) is 6.61 Å². The van der Waals surface area contributed by atoms with Crippen LogP contribution in [0, 0.1) is 5.92 Å². The number of hydrogen-bond acceptors (Lipinski definition) is 2. The first-order chi connectivity index (χ1) is 3.87. The summed E-state index contributed by atoms with van der Waals surface area (Å²) in [7, 11) is 0. The summed E-state index contributed by atoms with van der Waals surface area (Å²) in [5, 5.41) is 12.1. The number of hydrogen-bond donors (Lipinski definition) is 2. The molecule has 0 aromatic rings. The first-order valence-electron chi connectivity index (χ1n) is 3.23. The van der Waals surface area contributed by atoms with Crippen LogP contribution in [0.1, 0.15) is 12.8 Å². The fourth-order valence-electron chi connectivity index (χ4n) is 1.69. The van der Waals surface area contributed by atoms with E-state index in [1.54, 1.807) is 0 Å². The van der Waals surface area contributed by atoms with Crippen LogP contribution in [0.15, 0.2) is 0 Å². The molecule has 2 rings (SSSR count). The second-order valence-corrected chi connectivity index (χ2v) is 2.93. The van der Waals surface area contributed by atoms with Crippen molar-refractivity contribution in [1.82, 2.24) is 5.32 Å². The Balaban J connectivity index is 2.05. The van der Waals surface area contributed by atoms with Crippen LogP contribution in [0.2, 0.25) is 0 Å². The zero-order chi connectivity index (χ0) is 5.61. The first-order valence-corrected chi connectivity index (χ1v) is 3.23. The van der Waals surface area contributed by atoms with Gasteiger partial charge in [0.1, 0.15) is 0 Å². The normalized spacial score (nSPS) is 51.4. The Morgan fingerprint density at radius 3 is 2.62 bits per heavy atom. The van der Waals surface area contributed by atoms with Gasteiger partial charge < -0.3 is 10.4 Å². The Bertz CT molecular complexity index is 99.6. The van der Waals surface area contributed by atoms with Crippen molar-refractivity contribution in [2.75, 3.05) is 13.2 Å². The van der Waals surface area contributed by atoms with Crippen molar-refractivity contribution in [3.8, 4) is 0 Å². The summed E-state index contributed by atoms with van der Waals surface area (Å²) in [4.78, 5) is 0. The Morgan fingerprint density at radius 2 is 2.62 bits per heavy atom. The van der Waals surface area contributed by atoms with Gasteiger partial charge in [0, 0.05) is 12.1 Å². The van der Waals surface area contributed by atoms with Crippen molar-refractivity contribution in [1.29, 1.82) is 0 Å². The van der Waals surface area contributed by atoms with E-state index >= 15 is 0 Å². The maximum Gasteiger partial charge on any atom is 0.0616 e. The molecule has 1 saturated carbocycles. The highest BCUT2D eigenvalue weighted by Gasteiger charge is 2.52. The van der Waals surface area contributed by atoms with Crippen LogP contribution in [-0.4, -0.2) is 23.8 Å². The van der Waals surface area contributed by atoms with Gasteiger partial charge in [-0.05, 0) is 18.8 Å². The Hall–Kier alpha value is -0.0800. The van der Waals surface area contributed by atoms with Crippen molar-refractivity contribution in [3.05, 3.63) is 0 Å². The highest BCUT2D eigenvalue weighted by molar-refractivity contribution is 5.11. The third kappa shape index (κ3) is 0.327. The van der Waals surface area contributed by atoms with E-state index in [4.69, 9.17) is 5.11 Å². The predicted molar refractivity (Wildman–Crippen MR) is 30.5 cm³/mol. The van der Waals surface area contributed by atoms with Crippen LogP contribution in [0.3, 0.4) is 0 Å². The molecule has 2 atom stereocenters. The molecular formula is C6H11NO. The lowest BCUT2D eigenvalue weighted by atomic mass is 9.61. The molecule has 2 unspecified atom stereocenters. The molecule has 1 heterocycles. The molecule has 0 amide bonds. The summed E-state index contributed by atoms with van der Waals surface area (Å²) in [5.74, 6) is 0.812. The topological polar surface area (TPSA) is 32.3 Å². The molecular weight excluding hydrogens is 102 g/mol. The monoisotopic (exact) mass is 113 g/mol. The van der Waals surface area contributed by atoms with E-state index in [0.717, 1.165) is 12.5 Å². The van der Waals surface area contributed by atoms with Gasteiger partial charge in [0.05, 0.1) is 6.61 Å². The fourth-order valence-corrected chi connectivity index (χ4v) is 1.69. The summed E-state index contributed by atoms with van der Waals surface area (Å²) in [5.41, 5.74) is 0.208. The highest BCUT2D eigenvalue weighted by atomic mass is 16.3. The molecule has 8 heavy (non-hydrogen) atoms. The van der Waals surface area contributed by atoms with E-state index < -0.39 is 0 Å². The van der Waals surface area contributed by atoms with Gasteiger partial charge in [-0.15, -0.1) is 0 Å². The van der Waals surface area contributed by atoms with Gasteiger partial charge in [-0.2, -0.15) is 0 Å². The molecule has 1 saturated heterocycles. The van der Waals surface area contributed by atoms with Gasteiger partial charge in [0.2, 0.25) is 0 Å². The van der Waals surface area contributed by atoms with Crippen molar-refractivity contribution in [2.24, 2.45) is 5.92 Å². The zero-order valence-electron chi connectivity index (χ0n) is 4.85. The Morgan fingerprint density at radius 1 is 1.75 bits per heavy atom. The van der Waals surface area contributed by atoms with E-state index in [2.05, 4.69) is 5.32 Å². The average Bonchev–Trinajstić information content (AvgIpc) is 1.78. The van der Waals surface area contributed by atoms with Gasteiger partial charge in [0.15, 0.2) is 0 Å². The van der Waals surface area contributed by atoms with Crippen LogP contribution in [0.4, 0.5) is 0 Å². The summed E-state index contributed by atoms with van der Waals surface area (Å²) in [6, 6.07) is 0. The number of aliphatic hydroxyl groups is 1. The van der Waals surface area contributed by atoms with E-state index in [1.165, 1.54) is 12.8 Å². The average molecular weight is 113 g/mol. The quantitative estimate of drug-likeness (QED) is 0.490. The van der Waals surface area contributed by atoms with Gasteiger partial charge in [0.25, 0.3) is 0 Å². The zero-order valence-corrected chi connectivity index (χ0v) is 4.85. The largest absolute Gasteiger partial charge is 0.394 e. The van der Waals surface area contributed by atoms with Crippen LogP contribution >= 0.6 is 0 Å². The molecule has 0 aromatic heterocycles. The maximum absolute atomic E-state index is 8.80. The van der Waals surface area contributed by atoms with E-state index in [-0.39, 0.29) is 5.54 Å². The molecule has 1 aliphatic carbocycles. The van der Waals surface area contributed by atoms with E-state index in [1.807, 2.05) is 0 Å². The lowest BCUT2D eigenvalue weighted by Crippen LogP contribution is -2.73. The number of fused-ring (bicyclic) bond motifs is 1. The summed E-state index contributed by atoms with van der Waals surface area (Å²) < 4.78 is 0. The molecule has 2 nitrogen and oxygen atoms in total. The first kappa shape index (κ1) is 4.77. The number of nitrogens with one attached hydrogen (secondary N) is 1. The van der Waals surface area contributed by atoms with Crippen molar-refractivity contribution in [2.45, 2.75) is 18.4 Å². The minimum atomic E-state index is 0.208. The Labute approximate surface area is 48.9 Å². The molecule has 1 aliphatic heterocycles. The summed E-state index contributed by atoms with van der Waals surface area (Å²) >= 11 is 0. The molecule has 2 N–H and O–H groups in total. The number of piperidine rings is 1. The fraction of sp³-hybridized carbons (Fsp3) is 1.00. The molecule has 0 spiro atoms. The second kappa shape index (κ2) is 1.25. The highest BCUT2D eigenvalue weighted by Crippen LogP contribution is 2.43. The third-order valence-electron chi connectivity index (χ3n) is 2.70. The van der Waals surface area contributed by atoms with E-state index in [9.17, 15) is 0 Å². The summed E-state index contributed by atoms with van der Waals surface area (Å²) in [6.45, 7) is 1.48. The van der Waals surface area contributed by atoms with Gasteiger partial charge >= 0.3 is 0 Å². The predicted octanol–water partition coefficient (Wildman–Crippen LogP) is -0.269. The standard InChI is InChI=1S/C6H11NO/c8-4-6-2-1-5(6)3-7-6/h5,7-8H,1-4H2. The van der Waals surface area contributed by atoms with Crippen molar-refractivity contribution < 1.29 is 5.11 Å². The minimum absolute atomic E-state index is 0.208. The molecule has 2 aliphatic rings. The van der Waals surface area contributed by atoms with Gasteiger partial charge in [-0.25, -0.2) is 0 Å². The van der Waals surface area contributed by atoms with Gasteiger partial charge in [-0.3, -0.25) is 0 Å². The molecule has 2 fully saturated rings. The van der Waals surface area contributed by atoms with Crippen molar-refractivity contribution >= 4 is 0 Å². The van der Waals surface area contributed by atoms with Crippen LogP contribution < -0.4 is 5.32 Å². The maximum atomic E-state index is 8.80. The SMILES string of the molecule is OCC12CCC1CN2. The molecule has 46 valence electrons. The number of rotatable bonds is 1. The van der Waals surface area contributed by atoms with Crippen molar-refractivity contribution in [3.63, 3.8) is 0 Å². The smallest absolute Gasteiger partial charge is 0.0616 e. The van der Waals surface area contributed by atoms with Gasteiger partial charge in [-0.1, -0.05) is 0 Å². The van der Waals surface area contributed by atoms with Crippen LogP contribution in [0.5, 0.6) is 0 Å². The third-order valence-corrected chi connectivity index (χ3v) is 2.70. The molecule has 0 aromatic carbocycles. The number of aliphatic hydroxyl groups excluding tert-OH is 1. The Kier molecular flexibility index (Phi) is 0.746. The lowest BCUT2D eigenvalue weighted by Gasteiger charge is -2.58. The molecule has 2 heteroatoms. The minimum Gasteiger partial charge on any atom is -0.394 e.